The zero-order valence-corrected chi connectivity index (χ0v) is 7.42. The molecule has 0 heterocycles. The van der Waals surface area contributed by atoms with Crippen molar-refractivity contribution in [3.05, 3.63) is 35.9 Å². The van der Waals surface area contributed by atoms with Crippen molar-refractivity contribution < 1.29 is 18.3 Å². The molecule has 1 atom stereocenters. The molecule has 0 aliphatic rings. The van der Waals surface area contributed by atoms with E-state index in [9.17, 15) is 18.3 Å². The molecule has 0 fully saturated rings. The third-order valence-corrected chi connectivity index (χ3v) is 2.00. The normalized spacial score (nSPS) is 14.0. The Morgan fingerprint density at radius 3 is 2.14 bits per heavy atom. The van der Waals surface area contributed by atoms with Crippen LogP contribution >= 0.6 is 0 Å². The van der Waals surface area contributed by atoms with E-state index < -0.39 is 25.1 Å². The van der Waals surface area contributed by atoms with Gasteiger partial charge in [-0.3, -0.25) is 0 Å². The molecule has 4 heteroatoms. The van der Waals surface area contributed by atoms with Crippen LogP contribution < -0.4 is 0 Å². The maximum atomic E-state index is 12.5. The van der Waals surface area contributed by atoms with Gasteiger partial charge in [0.2, 0.25) is 0 Å². The zero-order valence-electron chi connectivity index (χ0n) is 7.42. The fraction of sp³-hybridized carbons (Fsp3) is 0.400. The van der Waals surface area contributed by atoms with Gasteiger partial charge in [-0.2, -0.15) is 13.2 Å². The van der Waals surface area contributed by atoms with E-state index in [1.165, 1.54) is 12.1 Å². The Labute approximate surface area is 80.2 Å². The largest absolute Gasteiger partial charge is 0.395 e. The lowest BCUT2D eigenvalue weighted by Gasteiger charge is -2.19. The van der Waals surface area contributed by atoms with E-state index in [0.29, 0.717) is 0 Å². The summed E-state index contributed by atoms with van der Waals surface area (Å²) >= 11 is 0. The summed E-state index contributed by atoms with van der Waals surface area (Å²) in [6, 6.07) is 7.52. The van der Waals surface area contributed by atoms with Crippen LogP contribution in [0.5, 0.6) is 0 Å². The standard InChI is InChI=1S/C10H10F3O/c11-10(12,13)9(6-7-14)8-4-2-1-3-5-8/h1-5,9H,6-7H2. The Bertz CT molecular complexity index is 268. The van der Waals surface area contributed by atoms with E-state index in [-0.39, 0.29) is 5.56 Å². The molecule has 0 aromatic heterocycles. The highest BCUT2D eigenvalue weighted by Crippen LogP contribution is 2.36. The SMILES string of the molecule is [O]CCC(c1ccccc1)C(F)(F)F. The second-order valence-corrected chi connectivity index (χ2v) is 3.00. The first-order chi connectivity index (χ1) is 6.55. The van der Waals surface area contributed by atoms with Crippen LogP contribution in [0.2, 0.25) is 0 Å². The molecule has 0 spiro atoms. The van der Waals surface area contributed by atoms with Crippen LogP contribution in [0.4, 0.5) is 13.2 Å². The van der Waals surface area contributed by atoms with Gasteiger partial charge in [-0.05, 0) is 12.0 Å². The van der Waals surface area contributed by atoms with Crippen LogP contribution in [0.15, 0.2) is 30.3 Å². The first-order valence-electron chi connectivity index (χ1n) is 4.25. The maximum Gasteiger partial charge on any atom is 0.395 e. The molecule has 0 amide bonds. The van der Waals surface area contributed by atoms with Gasteiger partial charge in [0.15, 0.2) is 0 Å². The third kappa shape index (κ3) is 2.73. The summed E-state index contributed by atoms with van der Waals surface area (Å²) in [7, 11) is 0. The summed E-state index contributed by atoms with van der Waals surface area (Å²) in [6.07, 6.45) is -4.72. The Kier molecular flexibility index (Phi) is 3.52. The van der Waals surface area contributed by atoms with Gasteiger partial charge in [0.25, 0.3) is 0 Å². The van der Waals surface area contributed by atoms with Crippen LogP contribution in [0, 0.1) is 0 Å². The van der Waals surface area contributed by atoms with Crippen LogP contribution in [0.1, 0.15) is 17.9 Å². The molecule has 77 valence electrons. The molecule has 1 unspecified atom stereocenters. The first-order valence-corrected chi connectivity index (χ1v) is 4.25. The van der Waals surface area contributed by atoms with Crippen molar-refractivity contribution in [2.75, 3.05) is 6.61 Å². The monoisotopic (exact) mass is 203 g/mol. The van der Waals surface area contributed by atoms with Crippen LogP contribution in [0.25, 0.3) is 0 Å². The third-order valence-electron chi connectivity index (χ3n) is 2.00. The first kappa shape index (κ1) is 11.0. The molecule has 0 N–H and O–H groups in total. The molecule has 14 heavy (non-hydrogen) atoms. The lowest BCUT2D eigenvalue weighted by atomic mass is 9.96. The molecular weight excluding hydrogens is 193 g/mol. The summed E-state index contributed by atoms with van der Waals surface area (Å²) in [5.74, 6) is -1.62. The van der Waals surface area contributed by atoms with E-state index in [1.54, 1.807) is 18.2 Å². The number of hydrogen-bond donors (Lipinski definition) is 0. The molecule has 0 aliphatic heterocycles. The number of rotatable bonds is 3. The highest BCUT2D eigenvalue weighted by atomic mass is 19.4. The maximum absolute atomic E-state index is 12.5. The Morgan fingerprint density at radius 1 is 1.14 bits per heavy atom. The lowest BCUT2D eigenvalue weighted by Crippen LogP contribution is -2.21. The van der Waals surface area contributed by atoms with Crippen molar-refractivity contribution in [3.63, 3.8) is 0 Å². The molecule has 0 bridgehead atoms. The molecule has 1 radical (unpaired) electrons. The van der Waals surface area contributed by atoms with Gasteiger partial charge in [0, 0.05) is 0 Å². The fourth-order valence-electron chi connectivity index (χ4n) is 1.32. The molecule has 0 saturated heterocycles. The summed E-state index contributed by atoms with van der Waals surface area (Å²) in [5.41, 5.74) is 0.163. The van der Waals surface area contributed by atoms with Crippen molar-refractivity contribution in [3.8, 4) is 0 Å². The average Bonchev–Trinajstić information content (AvgIpc) is 2.14. The Balaban J connectivity index is 2.89. The smallest absolute Gasteiger partial charge is 0.237 e. The van der Waals surface area contributed by atoms with Crippen molar-refractivity contribution in [1.29, 1.82) is 0 Å². The Morgan fingerprint density at radius 2 is 1.71 bits per heavy atom. The molecule has 1 nitrogen and oxygen atoms in total. The lowest BCUT2D eigenvalue weighted by molar-refractivity contribution is -0.154. The second kappa shape index (κ2) is 4.46. The van der Waals surface area contributed by atoms with Gasteiger partial charge in [0.1, 0.15) is 0 Å². The topological polar surface area (TPSA) is 19.9 Å². The predicted octanol–water partition coefficient (Wildman–Crippen LogP) is 3.15. The van der Waals surface area contributed by atoms with Crippen LogP contribution in [-0.4, -0.2) is 12.8 Å². The molecule has 1 aromatic carbocycles. The number of halogens is 3. The van der Waals surface area contributed by atoms with E-state index >= 15 is 0 Å². The van der Waals surface area contributed by atoms with Crippen LogP contribution in [0.3, 0.4) is 0 Å². The van der Waals surface area contributed by atoms with Gasteiger partial charge >= 0.3 is 6.18 Å². The van der Waals surface area contributed by atoms with Crippen molar-refractivity contribution in [2.24, 2.45) is 0 Å². The molecule has 0 saturated carbocycles. The van der Waals surface area contributed by atoms with Crippen molar-refractivity contribution in [1.82, 2.24) is 0 Å². The van der Waals surface area contributed by atoms with Gasteiger partial charge in [0.05, 0.1) is 12.5 Å². The van der Waals surface area contributed by atoms with E-state index in [4.69, 9.17) is 0 Å². The van der Waals surface area contributed by atoms with Crippen molar-refractivity contribution in [2.45, 2.75) is 18.5 Å². The molecule has 1 aromatic rings. The minimum atomic E-state index is -4.33. The van der Waals surface area contributed by atoms with Gasteiger partial charge in [-0.1, -0.05) is 30.3 Å². The number of benzene rings is 1. The van der Waals surface area contributed by atoms with E-state index in [0.717, 1.165) is 0 Å². The van der Waals surface area contributed by atoms with E-state index in [2.05, 4.69) is 0 Å². The van der Waals surface area contributed by atoms with E-state index in [1.807, 2.05) is 0 Å². The van der Waals surface area contributed by atoms with Gasteiger partial charge in [-0.25, -0.2) is 5.11 Å². The average molecular weight is 203 g/mol. The van der Waals surface area contributed by atoms with Gasteiger partial charge in [-0.15, -0.1) is 0 Å². The Hall–Kier alpha value is -1.03. The summed E-state index contributed by atoms with van der Waals surface area (Å²) < 4.78 is 37.4. The molecule has 1 rings (SSSR count). The minimum absolute atomic E-state index is 0.163. The minimum Gasteiger partial charge on any atom is -0.237 e. The number of alkyl halides is 3. The van der Waals surface area contributed by atoms with Gasteiger partial charge < -0.3 is 0 Å². The number of hydrogen-bond acceptors (Lipinski definition) is 0. The summed E-state index contributed by atoms with van der Waals surface area (Å²) in [6.45, 7) is -0.709. The highest BCUT2D eigenvalue weighted by molar-refractivity contribution is 5.20. The summed E-state index contributed by atoms with van der Waals surface area (Å²) in [4.78, 5) is 0. The molecular formula is C10H10F3O. The second-order valence-electron chi connectivity index (χ2n) is 3.00. The van der Waals surface area contributed by atoms with Crippen molar-refractivity contribution >= 4 is 0 Å². The molecule has 0 aliphatic carbocycles. The van der Waals surface area contributed by atoms with Crippen LogP contribution in [-0.2, 0) is 5.11 Å². The zero-order chi connectivity index (χ0) is 10.6. The fourth-order valence-corrected chi connectivity index (χ4v) is 1.32. The predicted molar refractivity (Wildman–Crippen MR) is 45.4 cm³/mol. The quantitative estimate of drug-likeness (QED) is 0.719. The summed E-state index contributed by atoms with van der Waals surface area (Å²) in [5, 5.41) is 10.3. The highest BCUT2D eigenvalue weighted by Gasteiger charge is 2.39.